The lowest BCUT2D eigenvalue weighted by Crippen LogP contribution is -1.96. The summed E-state index contributed by atoms with van der Waals surface area (Å²) in [6.45, 7) is 5.45. The Bertz CT molecular complexity index is 2700. The second-order valence-corrected chi connectivity index (χ2v) is 15.9. The number of pyridine rings is 2. The van der Waals surface area contributed by atoms with Gasteiger partial charge in [-0.05, 0) is 144 Å². The number of H-pyrrole nitrogens is 2. The lowest BCUT2D eigenvalue weighted by Gasteiger charge is -2.10. The Balaban J connectivity index is 1.43. The average molecular weight is 891 g/mol. The first-order chi connectivity index (χ1) is 28.4. The molecule has 8 nitrogen and oxygen atoms in total. The van der Waals surface area contributed by atoms with Gasteiger partial charge in [0, 0.05) is 78.1 Å². The standard InChI is InChI=1S/C48H38Br2N6O2/c1-3-21-57-35-25-31(23-33(49)27-35)47-41-9-5-37(53-41)45(29-13-17-51-18-14-29)39-7-11-43(55-39)48(32-24-34(50)28-36(26-32)58-22-4-2)44-12-8-40(56-44)46(30-15-19-52-20-16-30)38-6-10-42(47)54-38/h5-20,23-28,53,56H,3-4,21-22H2,1-2H3. The molecule has 8 bridgehead atoms. The van der Waals surface area contributed by atoms with E-state index in [9.17, 15) is 0 Å². The normalized spacial score (nSPS) is 11.9. The highest BCUT2D eigenvalue weighted by Crippen LogP contribution is 2.40. The van der Waals surface area contributed by atoms with Crippen molar-refractivity contribution < 1.29 is 9.47 Å². The van der Waals surface area contributed by atoms with Crippen molar-refractivity contribution in [2.45, 2.75) is 26.7 Å². The first kappa shape index (κ1) is 37.5. The number of fused-ring (bicyclic) bond motifs is 8. The van der Waals surface area contributed by atoms with Gasteiger partial charge in [-0.1, -0.05) is 45.7 Å². The van der Waals surface area contributed by atoms with E-state index in [0.29, 0.717) is 13.2 Å². The topological polar surface area (TPSA) is 102 Å². The van der Waals surface area contributed by atoms with Crippen LogP contribution in [0.3, 0.4) is 0 Å². The number of ether oxygens (including phenoxy) is 2. The van der Waals surface area contributed by atoms with Gasteiger partial charge in [0.25, 0.3) is 0 Å². The SMILES string of the molecule is CCCOc1cc(Br)cc(-c2c3nc(c(-c4ccncc4)c4ccc([nH]4)c(-c4cc(Br)cc(OCCC)c4)c4nc(c(-c5ccncc5)c5ccc2[nH]5)C=C4)C=C3)c1. The molecular formula is C48H38Br2N6O2. The minimum absolute atomic E-state index is 0.617. The quantitative estimate of drug-likeness (QED) is 0.142. The molecule has 7 heterocycles. The number of benzene rings is 2. The third kappa shape index (κ3) is 7.53. The fourth-order valence-corrected chi connectivity index (χ4v) is 8.42. The summed E-state index contributed by atoms with van der Waals surface area (Å²) in [4.78, 5) is 27.1. The molecule has 10 heteroatoms. The molecule has 286 valence electrons. The Morgan fingerprint density at radius 2 is 0.793 bits per heavy atom. The highest BCUT2D eigenvalue weighted by atomic mass is 79.9. The summed E-state index contributed by atoms with van der Waals surface area (Å²) in [5.41, 5.74) is 14.5. The minimum Gasteiger partial charge on any atom is -0.494 e. The summed E-state index contributed by atoms with van der Waals surface area (Å²) in [5, 5.41) is 0. The average Bonchev–Trinajstić information content (AvgIpc) is 4.08. The lowest BCUT2D eigenvalue weighted by molar-refractivity contribution is 0.317. The molecule has 2 aromatic carbocycles. The van der Waals surface area contributed by atoms with Gasteiger partial charge in [-0.25, -0.2) is 9.97 Å². The van der Waals surface area contributed by atoms with Crippen LogP contribution in [0.25, 0.3) is 90.9 Å². The largest absolute Gasteiger partial charge is 0.494 e. The Morgan fingerprint density at radius 3 is 1.14 bits per heavy atom. The molecule has 0 radical (unpaired) electrons. The number of aromatic nitrogens is 6. The van der Waals surface area contributed by atoms with Crippen molar-refractivity contribution in [1.82, 2.24) is 29.9 Å². The van der Waals surface area contributed by atoms with Gasteiger partial charge < -0.3 is 19.4 Å². The summed E-state index contributed by atoms with van der Waals surface area (Å²) >= 11 is 7.55. The van der Waals surface area contributed by atoms with Gasteiger partial charge in [0.2, 0.25) is 0 Å². The molecule has 2 aliphatic heterocycles. The highest BCUT2D eigenvalue weighted by Gasteiger charge is 2.20. The zero-order chi connectivity index (χ0) is 39.6. The Morgan fingerprint density at radius 1 is 0.448 bits per heavy atom. The zero-order valence-corrected chi connectivity index (χ0v) is 35.1. The second-order valence-electron chi connectivity index (χ2n) is 14.0. The predicted molar refractivity (Wildman–Crippen MR) is 243 cm³/mol. The molecule has 2 aliphatic rings. The minimum atomic E-state index is 0.617. The lowest BCUT2D eigenvalue weighted by atomic mass is 10.0. The van der Waals surface area contributed by atoms with Crippen molar-refractivity contribution in [3.63, 3.8) is 0 Å². The molecular weight excluding hydrogens is 852 g/mol. The molecule has 58 heavy (non-hydrogen) atoms. The summed E-state index contributed by atoms with van der Waals surface area (Å²) in [6.07, 6.45) is 17.4. The van der Waals surface area contributed by atoms with Gasteiger partial charge >= 0.3 is 0 Å². The summed E-state index contributed by atoms with van der Waals surface area (Å²) < 4.78 is 14.2. The van der Waals surface area contributed by atoms with E-state index in [1.165, 1.54) is 0 Å². The molecule has 0 saturated carbocycles. The van der Waals surface area contributed by atoms with Crippen molar-refractivity contribution in [2.24, 2.45) is 0 Å². The van der Waals surface area contributed by atoms with Crippen LogP contribution in [-0.4, -0.2) is 43.1 Å². The van der Waals surface area contributed by atoms with Crippen molar-refractivity contribution >= 4 is 78.2 Å². The first-order valence-electron chi connectivity index (χ1n) is 19.3. The molecule has 0 aliphatic carbocycles. The Labute approximate surface area is 353 Å². The zero-order valence-electron chi connectivity index (χ0n) is 31.9. The van der Waals surface area contributed by atoms with E-state index in [-0.39, 0.29) is 0 Å². The van der Waals surface area contributed by atoms with Gasteiger partial charge in [0.1, 0.15) is 11.5 Å². The number of rotatable bonds is 10. The van der Waals surface area contributed by atoms with Crippen LogP contribution in [0.1, 0.15) is 49.5 Å². The molecule has 2 N–H and O–H groups in total. The van der Waals surface area contributed by atoms with Crippen molar-refractivity contribution in [2.75, 3.05) is 13.2 Å². The van der Waals surface area contributed by atoms with Crippen molar-refractivity contribution in [3.8, 4) is 56.0 Å². The summed E-state index contributed by atoms with van der Waals surface area (Å²) in [7, 11) is 0. The monoisotopic (exact) mass is 888 g/mol. The van der Waals surface area contributed by atoms with Crippen LogP contribution in [-0.2, 0) is 0 Å². The van der Waals surface area contributed by atoms with E-state index in [0.717, 1.165) is 123 Å². The Kier molecular flexibility index (Phi) is 10.6. The number of nitrogens with one attached hydrogen (secondary N) is 2. The number of hydrogen-bond acceptors (Lipinski definition) is 6. The van der Waals surface area contributed by atoms with E-state index in [2.05, 4.69) is 138 Å². The smallest absolute Gasteiger partial charge is 0.121 e. The third-order valence-electron chi connectivity index (χ3n) is 9.96. The molecule has 0 unspecified atom stereocenters. The predicted octanol–water partition coefficient (Wildman–Crippen LogP) is 13.2. The van der Waals surface area contributed by atoms with Crippen LogP contribution in [0.2, 0.25) is 0 Å². The van der Waals surface area contributed by atoms with E-state index >= 15 is 0 Å². The number of nitrogens with zero attached hydrogens (tertiary/aromatic N) is 4. The maximum absolute atomic E-state index is 6.17. The van der Waals surface area contributed by atoms with E-state index in [1.54, 1.807) is 0 Å². The fraction of sp³-hybridized carbons (Fsp3) is 0.125. The van der Waals surface area contributed by atoms with Crippen LogP contribution in [0, 0.1) is 0 Å². The number of hydrogen-bond donors (Lipinski definition) is 2. The molecule has 0 saturated heterocycles. The molecule has 0 amide bonds. The van der Waals surface area contributed by atoms with Crippen LogP contribution in [0.5, 0.6) is 11.5 Å². The molecule has 7 aromatic rings. The molecule has 0 atom stereocenters. The van der Waals surface area contributed by atoms with Crippen LogP contribution in [0.15, 0.2) is 119 Å². The van der Waals surface area contributed by atoms with Gasteiger partial charge in [-0.2, -0.15) is 0 Å². The van der Waals surface area contributed by atoms with Crippen LogP contribution < -0.4 is 9.47 Å². The van der Waals surface area contributed by atoms with Crippen LogP contribution in [0.4, 0.5) is 0 Å². The summed E-state index contributed by atoms with van der Waals surface area (Å²) in [6, 6.07) is 29.0. The van der Waals surface area contributed by atoms with E-state index in [4.69, 9.17) is 19.4 Å². The maximum Gasteiger partial charge on any atom is 0.121 e. The molecule has 0 spiro atoms. The first-order valence-corrected chi connectivity index (χ1v) is 20.9. The summed E-state index contributed by atoms with van der Waals surface area (Å²) in [5.74, 6) is 1.57. The number of halogens is 2. The maximum atomic E-state index is 6.17. The Hall–Kier alpha value is -6.10. The van der Waals surface area contributed by atoms with E-state index < -0.39 is 0 Å². The molecule has 0 fully saturated rings. The van der Waals surface area contributed by atoms with Gasteiger partial charge in [0.05, 0.1) is 36.0 Å². The van der Waals surface area contributed by atoms with Gasteiger partial charge in [0.15, 0.2) is 0 Å². The van der Waals surface area contributed by atoms with Crippen LogP contribution >= 0.6 is 31.9 Å². The fourth-order valence-electron chi connectivity index (χ4n) is 7.48. The third-order valence-corrected chi connectivity index (χ3v) is 10.9. The molecule has 9 rings (SSSR count). The second kappa shape index (κ2) is 16.4. The van der Waals surface area contributed by atoms with Crippen molar-refractivity contribution in [3.05, 3.63) is 141 Å². The van der Waals surface area contributed by atoms with E-state index in [1.807, 2.05) is 61.2 Å². The van der Waals surface area contributed by atoms with Gasteiger partial charge in [-0.3, -0.25) is 9.97 Å². The molecule has 5 aromatic heterocycles. The van der Waals surface area contributed by atoms with Gasteiger partial charge in [-0.15, -0.1) is 0 Å². The highest BCUT2D eigenvalue weighted by molar-refractivity contribution is 9.10. The number of aromatic amines is 2. The van der Waals surface area contributed by atoms with Crippen molar-refractivity contribution in [1.29, 1.82) is 0 Å².